The zero-order valence-corrected chi connectivity index (χ0v) is 19.8. The third-order valence-electron chi connectivity index (χ3n) is 8.31. The highest BCUT2D eigenvalue weighted by Crippen LogP contribution is 2.52. The number of allylic oxidation sites excluding steroid dienone is 3. The van der Waals surface area contributed by atoms with Gasteiger partial charge in [0.15, 0.2) is 0 Å². The molecule has 1 amide bonds. The normalized spacial score (nSPS) is 36.3. The summed E-state index contributed by atoms with van der Waals surface area (Å²) in [6.07, 6.45) is 8.83. The van der Waals surface area contributed by atoms with E-state index in [4.69, 9.17) is 5.10 Å². The van der Waals surface area contributed by atoms with E-state index in [1.54, 1.807) is 6.92 Å². The third-order valence-corrected chi connectivity index (χ3v) is 8.31. The van der Waals surface area contributed by atoms with Gasteiger partial charge in [0, 0.05) is 70.9 Å². The first-order valence-corrected chi connectivity index (χ1v) is 11.6. The van der Waals surface area contributed by atoms with Crippen molar-refractivity contribution in [2.75, 3.05) is 40.3 Å². The average Bonchev–Trinajstić information content (AvgIpc) is 3.34. The zero-order chi connectivity index (χ0) is 22.1. The molecule has 4 aliphatic heterocycles. The van der Waals surface area contributed by atoms with Crippen LogP contribution in [0, 0.1) is 22.7 Å². The second kappa shape index (κ2) is 6.84. The number of hydrazone groups is 2. The minimum Gasteiger partial charge on any atom is -0.342 e. The molecular weight excluding hydrogens is 388 g/mol. The quantitative estimate of drug-likeness (QED) is 0.649. The highest BCUT2D eigenvalue weighted by Gasteiger charge is 2.56. The van der Waals surface area contributed by atoms with E-state index < -0.39 is 0 Å². The minimum atomic E-state index is -0.144. The number of hydrogen-bond donors (Lipinski definition) is 0. The summed E-state index contributed by atoms with van der Waals surface area (Å²) in [5.41, 5.74) is 2.91. The molecular formula is C24H36N6O. The fourth-order valence-corrected chi connectivity index (χ4v) is 6.50. The van der Waals surface area contributed by atoms with Crippen molar-refractivity contribution in [3.8, 4) is 0 Å². The van der Waals surface area contributed by atoms with Crippen LogP contribution in [-0.4, -0.2) is 84.1 Å². The van der Waals surface area contributed by atoms with E-state index in [0.29, 0.717) is 17.9 Å². The Balaban J connectivity index is 1.48. The summed E-state index contributed by atoms with van der Waals surface area (Å²) in [4.78, 5) is 16.7. The van der Waals surface area contributed by atoms with Gasteiger partial charge in [0.2, 0.25) is 5.91 Å². The first-order valence-electron chi connectivity index (χ1n) is 11.6. The number of carbonyl (C=O) groups is 1. The molecule has 4 atom stereocenters. The molecule has 7 nitrogen and oxygen atoms in total. The molecule has 0 saturated carbocycles. The minimum absolute atomic E-state index is 0.144. The standard InChI is InChI=1S/C24H36N6O/c1-16(31)29-10-9-21-24(4,15-29)22(26-28(21)6)30-14-23(2,3)19-11-17(7-8-20(19)30)18-12-25-27(5)13-18/h7-8,12,18-19,21H,9-11,13-15H2,1-6H3. The fourth-order valence-electron chi connectivity index (χ4n) is 6.50. The molecule has 0 N–H and O–H groups in total. The molecule has 0 aromatic rings. The highest BCUT2D eigenvalue weighted by atomic mass is 16.2. The lowest BCUT2D eigenvalue weighted by Gasteiger charge is -2.45. The molecule has 2 fully saturated rings. The second-order valence-corrected chi connectivity index (χ2v) is 11.0. The number of hydrogen-bond acceptors (Lipinski definition) is 6. The summed E-state index contributed by atoms with van der Waals surface area (Å²) in [7, 11) is 4.14. The van der Waals surface area contributed by atoms with E-state index in [1.165, 1.54) is 11.3 Å². The zero-order valence-electron chi connectivity index (χ0n) is 19.8. The van der Waals surface area contributed by atoms with Crippen molar-refractivity contribution in [3.05, 3.63) is 23.4 Å². The van der Waals surface area contributed by atoms with Crippen LogP contribution in [0.5, 0.6) is 0 Å². The van der Waals surface area contributed by atoms with Crippen molar-refractivity contribution in [2.45, 2.75) is 46.6 Å². The number of amidine groups is 1. The molecule has 2 saturated heterocycles. The SMILES string of the molecule is CC(=O)N1CCC2N(C)N=C(N3CC(C)(C)C4CC(C5C=NN(C)C5)=CC=C43)C2(C)C1. The van der Waals surface area contributed by atoms with Gasteiger partial charge in [0.1, 0.15) is 5.84 Å². The molecule has 7 heteroatoms. The molecule has 168 valence electrons. The molecule has 0 spiro atoms. The van der Waals surface area contributed by atoms with Gasteiger partial charge in [-0.1, -0.05) is 25.5 Å². The van der Waals surface area contributed by atoms with Crippen molar-refractivity contribution < 1.29 is 4.79 Å². The van der Waals surface area contributed by atoms with Crippen LogP contribution in [0.2, 0.25) is 0 Å². The van der Waals surface area contributed by atoms with Gasteiger partial charge in [-0.2, -0.15) is 10.2 Å². The fraction of sp³-hybridized carbons (Fsp3) is 0.708. The molecule has 0 aromatic heterocycles. The molecule has 4 unspecified atom stereocenters. The summed E-state index contributed by atoms with van der Waals surface area (Å²) in [5.74, 6) is 2.22. The Morgan fingerprint density at radius 1 is 1.16 bits per heavy atom. The molecule has 31 heavy (non-hydrogen) atoms. The average molecular weight is 425 g/mol. The number of carbonyl (C=O) groups excluding carboxylic acids is 1. The molecule has 1 aliphatic carbocycles. The lowest BCUT2D eigenvalue weighted by atomic mass is 9.73. The highest BCUT2D eigenvalue weighted by molar-refractivity contribution is 5.93. The molecule has 0 radical (unpaired) electrons. The summed E-state index contributed by atoms with van der Waals surface area (Å²) in [6.45, 7) is 12.3. The third kappa shape index (κ3) is 3.11. The smallest absolute Gasteiger partial charge is 0.219 e. The van der Waals surface area contributed by atoms with Crippen LogP contribution >= 0.6 is 0 Å². The number of nitrogens with zero attached hydrogens (tertiary/aromatic N) is 6. The number of rotatable bonds is 1. The summed E-state index contributed by atoms with van der Waals surface area (Å²) in [5, 5.41) is 13.7. The Bertz CT molecular complexity index is 917. The monoisotopic (exact) mass is 424 g/mol. The Morgan fingerprint density at radius 3 is 2.61 bits per heavy atom. The second-order valence-electron chi connectivity index (χ2n) is 11.0. The van der Waals surface area contributed by atoms with E-state index in [2.05, 4.69) is 61.2 Å². The van der Waals surface area contributed by atoms with Crippen molar-refractivity contribution in [1.29, 1.82) is 0 Å². The Morgan fingerprint density at radius 2 is 1.94 bits per heavy atom. The van der Waals surface area contributed by atoms with E-state index >= 15 is 0 Å². The number of piperidine rings is 1. The summed E-state index contributed by atoms with van der Waals surface area (Å²) < 4.78 is 0. The van der Waals surface area contributed by atoms with Crippen molar-refractivity contribution in [1.82, 2.24) is 19.8 Å². The number of amides is 1. The topological polar surface area (TPSA) is 54.8 Å². The van der Waals surface area contributed by atoms with Gasteiger partial charge in [-0.15, -0.1) is 0 Å². The van der Waals surface area contributed by atoms with Gasteiger partial charge in [-0.3, -0.25) is 14.8 Å². The largest absolute Gasteiger partial charge is 0.342 e. The van der Waals surface area contributed by atoms with E-state index in [9.17, 15) is 4.79 Å². The Hall–Kier alpha value is -2.31. The maximum atomic E-state index is 12.2. The molecule has 5 rings (SSSR count). The van der Waals surface area contributed by atoms with Crippen LogP contribution in [0.1, 0.15) is 40.5 Å². The van der Waals surface area contributed by atoms with E-state index in [-0.39, 0.29) is 16.7 Å². The number of fused-ring (bicyclic) bond motifs is 2. The molecule has 4 heterocycles. The lowest BCUT2D eigenvalue weighted by Crippen LogP contribution is -2.58. The van der Waals surface area contributed by atoms with Crippen LogP contribution in [-0.2, 0) is 4.79 Å². The van der Waals surface area contributed by atoms with Crippen LogP contribution in [0.4, 0.5) is 0 Å². The first kappa shape index (κ1) is 20.6. The van der Waals surface area contributed by atoms with Crippen LogP contribution in [0.15, 0.2) is 33.6 Å². The van der Waals surface area contributed by atoms with Gasteiger partial charge in [0.05, 0.1) is 11.5 Å². The van der Waals surface area contributed by atoms with Crippen LogP contribution < -0.4 is 0 Å². The maximum absolute atomic E-state index is 12.2. The Kier molecular flexibility index (Phi) is 4.54. The lowest BCUT2D eigenvalue weighted by molar-refractivity contribution is -0.132. The van der Waals surface area contributed by atoms with Crippen LogP contribution in [0.3, 0.4) is 0 Å². The Labute approximate surface area is 186 Å². The van der Waals surface area contributed by atoms with Crippen molar-refractivity contribution in [3.63, 3.8) is 0 Å². The van der Waals surface area contributed by atoms with Crippen molar-refractivity contribution in [2.24, 2.45) is 32.9 Å². The van der Waals surface area contributed by atoms with Crippen LogP contribution in [0.25, 0.3) is 0 Å². The van der Waals surface area contributed by atoms with Gasteiger partial charge in [0.25, 0.3) is 0 Å². The van der Waals surface area contributed by atoms with E-state index in [0.717, 1.165) is 44.9 Å². The van der Waals surface area contributed by atoms with Gasteiger partial charge < -0.3 is 9.80 Å². The predicted molar refractivity (Wildman–Crippen MR) is 123 cm³/mol. The molecule has 0 bridgehead atoms. The van der Waals surface area contributed by atoms with Gasteiger partial charge in [-0.05, 0) is 31.3 Å². The van der Waals surface area contributed by atoms with E-state index in [1.807, 2.05) is 17.0 Å². The molecule has 0 aromatic carbocycles. The number of likely N-dealkylation sites (tertiary alicyclic amines) is 2. The van der Waals surface area contributed by atoms with Gasteiger partial charge >= 0.3 is 0 Å². The molecule has 5 aliphatic rings. The maximum Gasteiger partial charge on any atom is 0.219 e. The predicted octanol–water partition coefficient (Wildman–Crippen LogP) is 2.59. The summed E-state index contributed by atoms with van der Waals surface area (Å²) >= 11 is 0. The first-order chi connectivity index (χ1) is 14.6. The summed E-state index contributed by atoms with van der Waals surface area (Å²) in [6, 6.07) is 0.348. The van der Waals surface area contributed by atoms with Crippen molar-refractivity contribution >= 4 is 18.0 Å². The van der Waals surface area contributed by atoms with Gasteiger partial charge in [-0.25, -0.2) is 0 Å².